The molecular formula is C56H34N4O. The van der Waals surface area contributed by atoms with E-state index in [-0.39, 0.29) is 0 Å². The second-order valence-corrected chi connectivity index (χ2v) is 15.7. The van der Waals surface area contributed by atoms with Gasteiger partial charge in [-0.3, -0.25) is 4.57 Å². The van der Waals surface area contributed by atoms with Crippen LogP contribution in [0, 0.1) is 0 Å². The fourth-order valence-electron chi connectivity index (χ4n) is 9.59. The Hall–Kier alpha value is -8.28. The lowest BCUT2D eigenvalue weighted by Crippen LogP contribution is -2.04. The van der Waals surface area contributed by atoms with E-state index in [1.807, 2.05) is 12.1 Å². The molecule has 0 fully saturated rings. The third-order valence-corrected chi connectivity index (χ3v) is 12.4. The van der Waals surface area contributed by atoms with Crippen LogP contribution in [0.1, 0.15) is 0 Å². The zero-order chi connectivity index (χ0) is 40.0. The van der Waals surface area contributed by atoms with E-state index >= 15 is 0 Å². The molecule has 0 aliphatic heterocycles. The third kappa shape index (κ3) is 5.08. The summed E-state index contributed by atoms with van der Waals surface area (Å²) in [6.45, 7) is 0. The van der Waals surface area contributed by atoms with Crippen molar-refractivity contribution in [2.24, 2.45) is 0 Å². The molecule has 5 heteroatoms. The highest BCUT2D eigenvalue weighted by molar-refractivity contribution is 6.27. The van der Waals surface area contributed by atoms with Crippen LogP contribution in [0.15, 0.2) is 211 Å². The predicted octanol–water partition coefficient (Wildman–Crippen LogP) is 14.7. The van der Waals surface area contributed by atoms with E-state index in [1.54, 1.807) is 0 Å². The van der Waals surface area contributed by atoms with Gasteiger partial charge in [0.1, 0.15) is 11.2 Å². The third-order valence-electron chi connectivity index (χ3n) is 12.4. The molecule has 0 atom stereocenters. The molecule has 5 nitrogen and oxygen atoms in total. The molecule has 0 amide bonds. The van der Waals surface area contributed by atoms with Crippen molar-refractivity contribution in [1.82, 2.24) is 19.1 Å². The molecule has 0 bridgehead atoms. The van der Waals surface area contributed by atoms with Crippen LogP contribution in [0.2, 0.25) is 0 Å². The van der Waals surface area contributed by atoms with Crippen molar-refractivity contribution in [3.8, 4) is 45.1 Å². The Morgan fingerprint density at radius 2 is 0.918 bits per heavy atom. The van der Waals surface area contributed by atoms with Crippen LogP contribution in [0.4, 0.5) is 0 Å². The average Bonchev–Trinajstić information content (AvgIpc) is 3.99. The molecule has 0 aliphatic rings. The highest BCUT2D eigenvalue weighted by Gasteiger charge is 2.25. The molecule has 0 unspecified atom stereocenters. The number of furan rings is 1. The molecule has 13 rings (SSSR count). The summed E-state index contributed by atoms with van der Waals surface area (Å²) in [5, 5.41) is 7.76. The molecule has 0 saturated carbocycles. The second kappa shape index (κ2) is 13.1. The Morgan fingerprint density at radius 3 is 1.64 bits per heavy atom. The van der Waals surface area contributed by atoms with Crippen molar-refractivity contribution in [2.45, 2.75) is 0 Å². The molecule has 0 N–H and O–H groups in total. The lowest BCUT2D eigenvalue weighted by Gasteiger charge is -2.14. The smallest absolute Gasteiger partial charge is 0.235 e. The van der Waals surface area contributed by atoms with Crippen molar-refractivity contribution >= 4 is 76.5 Å². The minimum absolute atomic E-state index is 0.602. The standard InChI is InChI=1S/C56H34N4O/c1-2-14-35(15-3-1)36-26-28-38(29-27-36)53-43-19-4-9-21-47(43)57-56(58-53)60-50-24-12-7-20-44(50)52-54(60)45(34-46-42-18-8-13-25-51(42)61-55(46)52)37-30-32-39(33-31-37)59-48-22-10-5-16-40(48)41-17-6-11-23-49(41)59/h1-34H. The van der Waals surface area contributed by atoms with Crippen LogP contribution >= 0.6 is 0 Å². The highest BCUT2D eigenvalue weighted by Crippen LogP contribution is 2.46. The topological polar surface area (TPSA) is 48.8 Å². The van der Waals surface area contributed by atoms with Crippen molar-refractivity contribution in [3.63, 3.8) is 0 Å². The van der Waals surface area contributed by atoms with Gasteiger partial charge in [0.15, 0.2) is 0 Å². The van der Waals surface area contributed by atoms with Crippen LogP contribution in [-0.4, -0.2) is 19.1 Å². The molecule has 4 heterocycles. The number of hydrogen-bond acceptors (Lipinski definition) is 3. The van der Waals surface area contributed by atoms with Gasteiger partial charge in [0.2, 0.25) is 5.95 Å². The van der Waals surface area contributed by atoms with E-state index in [4.69, 9.17) is 14.4 Å². The Kier molecular flexibility index (Phi) is 7.24. The molecule has 4 aromatic heterocycles. The number of benzene rings is 9. The summed E-state index contributed by atoms with van der Waals surface area (Å²) < 4.78 is 11.4. The van der Waals surface area contributed by atoms with Gasteiger partial charge in [0.25, 0.3) is 0 Å². The Balaban J connectivity index is 1.08. The fourth-order valence-corrected chi connectivity index (χ4v) is 9.59. The van der Waals surface area contributed by atoms with Crippen LogP contribution in [0.25, 0.3) is 122 Å². The van der Waals surface area contributed by atoms with E-state index < -0.39 is 0 Å². The Labute approximate surface area is 350 Å². The largest absolute Gasteiger partial charge is 0.455 e. The quantitative estimate of drug-likeness (QED) is 0.175. The van der Waals surface area contributed by atoms with E-state index in [2.05, 4.69) is 203 Å². The first-order chi connectivity index (χ1) is 30.3. The summed E-state index contributed by atoms with van der Waals surface area (Å²) in [5.74, 6) is 0.602. The summed E-state index contributed by atoms with van der Waals surface area (Å²) in [7, 11) is 0. The number of hydrogen-bond donors (Lipinski definition) is 0. The van der Waals surface area contributed by atoms with E-state index in [1.165, 1.54) is 27.4 Å². The van der Waals surface area contributed by atoms with E-state index in [0.29, 0.717) is 5.95 Å². The lowest BCUT2D eigenvalue weighted by atomic mass is 9.98. The molecule has 0 aliphatic carbocycles. The van der Waals surface area contributed by atoms with Gasteiger partial charge < -0.3 is 8.98 Å². The predicted molar refractivity (Wildman–Crippen MR) is 252 cm³/mol. The van der Waals surface area contributed by atoms with Gasteiger partial charge in [-0.25, -0.2) is 9.97 Å². The normalized spacial score (nSPS) is 11.9. The summed E-state index contributed by atoms with van der Waals surface area (Å²) in [6, 6.07) is 73.0. The first-order valence-electron chi connectivity index (χ1n) is 20.7. The van der Waals surface area contributed by atoms with Gasteiger partial charge in [-0.15, -0.1) is 0 Å². The van der Waals surface area contributed by atoms with Gasteiger partial charge in [-0.1, -0.05) is 158 Å². The van der Waals surface area contributed by atoms with Crippen molar-refractivity contribution < 1.29 is 4.42 Å². The molecule has 13 aromatic rings. The maximum Gasteiger partial charge on any atom is 0.235 e. The van der Waals surface area contributed by atoms with Gasteiger partial charge in [0, 0.05) is 49.1 Å². The number of para-hydroxylation sites is 5. The monoisotopic (exact) mass is 778 g/mol. The van der Waals surface area contributed by atoms with Crippen LogP contribution in [-0.2, 0) is 0 Å². The number of nitrogens with zero attached hydrogens (tertiary/aromatic N) is 4. The van der Waals surface area contributed by atoms with Crippen molar-refractivity contribution in [3.05, 3.63) is 206 Å². The van der Waals surface area contributed by atoms with Gasteiger partial charge >= 0.3 is 0 Å². The van der Waals surface area contributed by atoms with Crippen LogP contribution in [0.5, 0.6) is 0 Å². The van der Waals surface area contributed by atoms with Gasteiger partial charge in [-0.2, -0.15) is 0 Å². The van der Waals surface area contributed by atoms with Crippen molar-refractivity contribution in [2.75, 3.05) is 0 Å². The minimum atomic E-state index is 0.602. The fraction of sp³-hybridized carbons (Fsp3) is 0. The summed E-state index contributed by atoms with van der Waals surface area (Å²) in [5.41, 5.74) is 14.5. The summed E-state index contributed by atoms with van der Waals surface area (Å²) in [4.78, 5) is 10.8. The maximum absolute atomic E-state index is 6.82. The average molecular weight is 779 g/mol. The van der Waals surface area contributed by atoms with Crippen LogP contribution in [0.3, 0.4) is 0 Å². The number of aromatic nitrogens is 4. The number of fused-ring (bicyclic) bond motifs is 11. The summed E-state index contributed by atoms with van der Waals surface area (Å²) in [6.07, 6.45) is 0. The lowest BCUT2D eigenvalue weighted by molar-refractivity contribution is 0.673. The first kappa shape index (κ1) is 33.7. The molecule has 0 radical (unpaired) electrons. The zero-order valence-corrected chi connectivity index (χ0v) is 32.8. The molecule has 9 aromatic carbocycles. The molecule has 61 heavy (non-hydrogen) atoms. The summed E-state index contributed by atoms with van der Waals surface area (Å²) >= 11 is 0. The second-order valence-electron chi connectivity index (χ2n) is 15.7. The first-order valence-corrected chi connectivity index (χ1v) is 20.7. The highest BCUT2D eigenvalue weighted by atomic mass is 16.3. The Morgan fingerprint density at radius 1 is 0.377 bits per heavy atom. The molecule has 284 valence electrons. The van der Waals surface area contributed by atoms with Gasteiger partial charge in [-0.05, 0) is 65.2 Å². The zero-order valence-electron chi connectivity index (χ0n) is 32.8. The number of rotatable bonds is 5. The van der Waals surface area contributed by atoms with Crippen LogP contribution < -0.4 is 0 Å². The Bertz CT molecular complexity index is 3800. The molecule has 0 spiro atoms. The molecular weight excluding hydrogens is 745 g/mol. The minimum Gasteiger partial charge on any atom is -0.455 e. The van der Waals surface area contributed by atoms with Crippen molar-refractivity contribution in [1.29, 1.82) is 0 Å². The SMILES string of the molecule is c1ccc(-c2ccc(-c3nc(-n4c5ccccc5c5c6oc7ccccc7c6cc(-c6ccc(-n7c8ccccc8c8ccccc87)cc6)c54)nc4ccccc34)cc2)cc1. The van der Waals surface area contributed by atoms with E-state index in [0.717, 1.165) is 88.3 Å². The molecule has 0 saturated heterocycles. The maximum atomic E-state index is 6.82. The van der Waals surface area contributed by atoms with E-state index in [9.17, 15) is 0 Å². The van der Waals surface area contributed by atoms with Gasteiger partial charge in [0.05, 0.1) is 38.7 Å².